The Kier molecular flexibility index (Phi) is 5.59. The second-order valence-electron chi connectivity index (χ2n) is 4.06. The van der Waals surface area contributed by atoms with Crippen LogP contribution >= 0.6 is 35.4 Å². The first kappa shape index (κ1) is 15.8. The van der Waals surface area contributed by atoms with E-state index in [4.69, 9.17) is 32.7 Å². The maximum absolute atomic E-state index is 6.10. The van der Waals surface area contributed by atoms with Crippen molar-refractivity contribution >= 4 is 46.3 Å². The molecule has 0 N–H and O–H groups in total. The van der Waals surface area contributed by atoms with Gasteiger partial charge in [-0.2, -0.15) is 4.99 Å². The topological polar surface area (TPSA) is 30.8 Å². The molecule has 0 radical (unpaired) electrons. The largest absolute Gasteiger partial charge is 0.494 e. The van der Waals surface area contributed by atoms with E-state index in [1.54, 1.807) is 37.4 Å². The lowest BCUT2D eigenvalue weighted by molar-refractivity contribution is 0.304. The molecule has 0 atom stereocenters. The molecule has 3 nitrogen and oxygen atoms in total. The monoisotopic (exact) mass is 339 g/mol. The summed E-state index contributed by atoms with van der Waals surface area (Å²) >= 11 is 16.5. The van der Waals surface area contributed by atoms with E-state index < -0.39 is 0 Å². The van der Waals surface area contributed by atoms with Crippen LogP contribution in [0, 0.1) is 0 Å². The summed E-state index contributed by atoms with van der Waals surface area (Å²) in [6.45, 7) is 0.328. The Morgan fingerprint density at radius 2 is 2.00 bits per heavy atom. The van der Waals surface area contributed by atoms with Gasteiger partial charge in [0.05, 0.1) is 12.3 Å². The molecule has 0 aliphatic heterocycles. The number of hydrogen-bond donors (Lipinski definition) is 0. The van der Waals surface area contributed by atoms with Crippen LogP contribution < -0.4 is 9.47 Å². The molecule has 0 aromatic heterocycles. The van der Waals surface area contributed by atoms with Gasteiger partial charge >= 0.3 is 0 Å². The zero-order valence-corrected chi connectivity index (χ0v) is 13.4. The molecule has 2 aromatic rings. The normalized spacial score (nSPS) is 9.86. The van der Waals surface area contributed by atoms with Crippen LogP contribution in [0.2, 0.25) is 10.0 Å². The fourth-order valence-corrected chi connectivity index (χ4v) is 2.25. The van der Waals surface area contributed by atoms with E-state index in [9.17, 15) is 0 Å². The Balaban J connectivity index is 2.14. The molecule has 0 fully saturated rings. The predicted octanol–water partition coefficient (Wildman–Crippen LogP) is 5.32. The molecule has 0 aliphatic carbocycles. The summed E-state index contributed by atoms with van der Waals surface area (Å²) in [5, 5.41) is 3.46. The number of thiocarbonyl (C=S) groups is 1. The van der Waals surface area contributed by atoms with Crippen LogP contribution in [0.15, 0.2) is 41.4 Å². The SMILES string of the molecule is COc1cc(OCc2ccc(Cl)cc2Cl)ccc1N=C=S. The number of nitrogens with zero attached hydrogens (tertiary/aromatic N) is 1. The Labute approximate surface area is 138 Å². The minimum absolute atomic E-state index is 0.328. The Morgan fingerprint density at radius 1 is 1.19 bits per heavy atom. The average molecular weight is 340 g/mol. The smallest absolute Gasteiger partial charge is 0.149 e. The Morgan fingerprint density at radius 3 is 2.67 bits per heavy atom. The number of hydrogen-bond acceptors (Lipinski definition) is 4. The number of aliphatic imine (C=N–C) groups is 1. The Hall–Kier alpha value is -1.58. The van der Waals surface area contributed by atoms with Crippen molar-refractivity contribution < 1.29 is 9.47 Å². The molecule has 108 valence electrons. The molecule has 2 aromatic carbocycles. The Bertz CT molecular complexity index is 700. The van der Waals surface area contributed by atoms with Crippen LogP contribution in [0.4, 0.5) is 5.69 Å². The average Bonchev–Trinajstić information content (AvgIpc) is 2.47. The van der Waals surface area contributed by atoms with Gasteiger partial charge in [0.2, 0.25) is 0 Å². The highest BCUT2D eigenvalue weighted by Gasteiger charge is 2.06. The highest BCUT2D eigenvalue weighted by molar-refractivity contribution is 7.78. The highest BCUT2D eigenvalue weighted by atomic mass is 35.5. The summed E-state index contributed by atoms with van der Waals surface area (Å²) in [6, 6.07) is 10.5. The lowest BCUT2D eigenvalue weighted by atomic mass is 10.2. The van der Waals surface area contributed by atoms with Gasteiger partial charge in [0.25, 0.3) is 0 Å². The van der Waals surface area contributed by atoms with Crippen molar-refractivity contribution in [2.45, 2.75) is 6.61 Å². The quantitative estimate of drug-likeness (QED) is 0.545. The lowest BCUT2D eigenvalue weighted by Crippen LogP contribution is -1.96. The second-order valence-corrected chi connectivity index (χ2v) is 5.09. The van der Waals surface area contributed by atoms with Crippen LogP contribution in [-0.4, -0.2) is 12.3 Å². The van der Waals surface area contributed by atoms with Crippen molar-refractivity contribution in [3.63, 3.8) is 0 Å². The number of ether oxygens (including phenoxy) is 2. The van der Waals surface area contributed by atoms with Crippen LogP contribution in [0.1, 0.15) is 5.56 Å². The fourth-order valence-electron chi connectivity index (χ4n) is 1.69. The highest BCUT2D eigenvalue weighted by Crippen LogP contribution is 2.32. The minimum atomic E-state index is 0.328. The van der Waals surface area contributed by atoms with Crippen molar-refractivity contribution in [1.29, 1.82) is 0 Å². The zero-order valence-electron chi connectivity index (χ0n) is 11.1. The molecule has 21 heavy (non-hydrogen) atoms. The minimum Gasteiger partial charge on any atom is -0.494 e. The summed E-state index contributed by atoms with van der Waals surface area (Å²) in [4.78, 5) is 3.91. The third-order valence-electron chi connectivity index (χ3n) is 2.73. The first-order chi connectivity index (χ1) is 10.1. The summed E-state index contributed by atoms with van der Waals surface area (Å²) in [7, 11) is 1.55. The summed E-state index contributed by atoms with van der Waals surface area (Å²) in [5.41, 5.74) is 1.45. The van der Waals surface area contributed by atoms with Crippen molar-refractivity contribution in [2.24, 2.45) is 4.99 Å². The standard InChI is InChI=1S/C15H11Cl2NO2S/c1-19-15-7-12(4-5-14(15)18-9-21)20-8-10-2-3-11(16)6-13(10)17/h2-7H,8H2,1H3. The molecule has 2 rings (SSSR count). The van der Waals surface area contributed by atoms with Crippen molar-refractivity contribution in [2.75, 3.05) is 7.11 Å². The maximum atomic E-state index is 6.10. The predicted molar refractivity (Wildman–Crippen MR) is 88.5 cm³/mol. The fraction of sp³-hybridized carbons (Fsp3) is 0.133. The van der Waals surface area contributed by atoms with E-state index in [0.717, 1.165) is 5.56 Å². The number of benzene rings is 2. The summed E-state index contributed by atoms with van der Waals surface area (Å²) in [5.74, 6) is 1.20. The molecule has 0 saturated carbocycles. The van der Waals surface area contributed by atoms with Gasteiger partial charge in [-0.1, -0.05) is 29.3 Å². The lowest BCUT2D eigenvalue weighted by Gasteiger charge is -2.10. The van der Waals surface area contributed by atoms with Crippen LogP contribution in [0.5, 0.6) is 11.5 Å². The van der Waals surface area contributed by atoms with Gasteiger partial charge in [0, 0.05) is 21.7 Å². The number of isothiocyanates is 1. The van der Waals surface area contributed by atoms with Crippen LogP contribution in [0.25, 0.3) is 0 Å². The summed E-state index contributed by atoms with van der Waals surface area (Å²) < 4.78 is 10.9. The van der Waals surface area contributed by atoms with E-state index in [1.807, 2.05) is 6.07 Å². The molecular weight excluding hydrogens is 329 g/mol. The number of halogens is 2. The van der Waals surface area contributed by atoms with Crippen LogP contribution in [-0.2, 0) is 6.61 Å². The number of methoxy groups -OCH3 is 1. The van der Waals surface area contributed by atoms with Crippen molar-refractivity contribution in [1.82, 2.24) is 0 Å². The zero-order chi connectivity index (χ0) is 15.2. The van der Waals surface area contributed by atoms with E-state index in [1.165, 1.54) is 0 Å². The number of rotatable bonds is 5. The molecule has 0 saturated heterocycles. The molecule has 0 spiro atoms. The van der Waals surface area contributed by atoms with Crippen molar-refractivity contribution in [3.05, 3.63) is 52.0 Å². The third kappa shape index (κ3) is 4.19. The molecule has 0 heterocycles. The second kappa shape index (κ2) is 7.43. The van der Waals surface area contributed by atoms with E-state index in [0.29, 0.717) is 33.8 Å². The molecule has 0 bridgehead atoms. The van der Waals surface area contributed by atoms with E-state index in [2.05, 4.69) is 22.4 Å². The maximum Gasteiger partial charge on any atom is 0.149 e. The van der Waals surface area contributed by atoms with Gasteiger partial charge < -0.3 is 9.47 Å². The molecule has 6 heteroatoms. The van der Waals surface area contributed by atoms with Gasteiger partial charge in [-0.3, -0.25) is 0 Å². The first-order valence-electron chi connectivity index (χ1n) is 5.96. The van der Waals surface area contributed by atoms with Gasteiger partial charge in [-0.05, 0) is 36.5 Å². The van der Waals surface area contributed by atoms with Gasteiger partial charge in [-0.25, -0.2) is 0 Å². The molecule has 0 amide bonds. The van der Waals surface area contributed by atoms with Crippen LogP contribution in [0.3, 0.4) is 0 Å². The van der Waals surface area contributed by atoms with Crippen molar-refractivity contribution in [3.8, 4) is 11.5 Å². The first-order valence-corrected chi connectivity index (χ1v) is 7.13. The summed E-state index contributed by atoms with van der Waals surface area (Å²) in [6.07, 6.45) is 0. The van der Waals surface area contributed by atoms with Gasteiger partial charge in [-0.15, -0.1) is 0 Å². The molecular formula is C15H11Cl2NO2S. The van der Waals surface area contributed by atoms with Gasteiger partial charge in [0.15, 0.2) is 0 Å². The van der Waals surface area contributed by atoms with E-state index >= 15 is 0 Å². The molecule has 0 unspecified atom stereocenters. The third-order valence-corrected chi connectivity index (χ3v) is 3.40. The molecule has 0 aliphatic rings. The van der Waals surface area contributed by atoms with E-state index in [-0.39, 0.29) is 0 Å². The van der Waals surface area contributed by atoms with Gasteiger partial charge in [0.1, 0.15) is 23.8 Å².